The van der Waals surface area contributed by atoms with Crippen LogP contribution in [0.4, 0.5) is 19.0 Å². The van der Waals surface area contributed by atoms with Crippen molar-refractivity contribution in [2.75, 3.05) is 5.73 Å². The van der Waals surface area contributed by atoms with E-state index in [0.717, 1.165) is 12.1 Å². The van der Waals surface area contributed by atoms with Crippen LogP contribution in [0.2, 0.25) is 0 Å². The highest BCUT2D eigenvalue weighted by molar-refractivity contribution is 6.02. The number of hydrogen-bond donors (Lipinski definition) is 2. The van der Waals surface area contributed by atoms with Gasteiger partial charge in [-0.3, -0.25) is 4.98 Å². The quantitative estimate of drug-likeness (QED) is 0.442. The van der Waals surface area contributed by atoms with Crippen LogP contribution in [-0.2, 0) is 7.05 Å². The molecule has 0 aliphatic carbocycles. The number of rotatable bonds is 3. The van der Waals surface area contributed by atoms with Crippen molar-refractivity contribution in [2.45, 2.75) is 6.10 Å². The number of halogens is 3. The molecule has 0 radical (unpaired) electrons. The van der Waals surface area contributed by atoms with E-state index in [-0.39, 0.29) is 22.5 Å². The summed E-state index contributed by atoms with van der Waals surface area (Å²) in [5.74, 6) is -1.91. The van der Waals surface area contributed by atoms with Gasteiger partial charge in [-0.15, -0.1) is 0 Å². The molecule has 5 aromatic rings. The Hall–Kier alpha value is -3.98. The highest BCUT2D eigenvalue weighted by Crippen LogP contribution is 2.36. The molecule has 0 aliphatic heterocycles. The van der Waals surface area contributed by atoms with Crippen molar-refractivity contribution in [3.8, 4) is 11.1 Å². The van der Waals surface area contributed by atoms with Gasteiger partial charge in [0.05, 0.1) is 11.1 Å². The van der Waals surface area contributed by atoms with Gasteiger partial charge in [-0.2, -0.15) is 0 Å². The summed E-state index contributed by atoms with van der Waals surface area (Å²) in [6.45, 7) is 0. The first-order valence-corrected chi connectivity index (χ1v) is 9.61. The van der Waals surface area contributed by atoms with Gasteiger partial charge in [-0.05, 0) is 29.1 Å². The predicted octanol–water partition coefficient (Wildman–Crippen LogP) is 4.26. The smallest absolute Gasteiger partial charge is 0.145 e. The van der Waals surface area contributed by atoms with Crippen molar-refractivity contribution in [3.63, 3.8) is 0 Å². The molecule has 0 bridgehead atoms. The molecule has 0 fully saturated rings. The summed E-state index contributed by atoms with van der Waals surface area (Å²) in [5.41, 5.74) is 7.58. The zero-order chi connectivity index (χ0) is 22.6. The fourth-order valence-electron chi connectivity index (χ4n) is 3.90. The second-order valence-corrected chi connectivity index (χ2v) is 7.47. The largest absolute Gasteiger partial charge is 0.383 e. The SMILES string of the molecule is Cn1cc(-c2ccc3cc(C(O)c4cc(F)cc(F)c4)ncc3c2F)c2c(N)ncnc21. The number of aromatic nitrogens is 4. The number of pyridine rings is 1. The number of aryl methyl sites for hydroxylation is 1. The van der Waals surface area contributed by atoms with E-state index < -0.39 is 23.6 Å². The van der Waals surface area contributed by atoms with Crippen molar-refractivity contribution < 1.29 is 18.3 Å². The standard InChI is InChI=1S/C23H16F3N5O/c1-31-9-17(19-22(27)29-10-30-23(19)31)15-3-2-11-6-18(28-8-16(11)20(15)26)21(32)12-4-13(24)7-14(25)5-12/h2-10,21,32H,1H3,(H2,27,29,30). The molecule has 0 saturated carbocycles. The third-order valence-electron chi connectivity index (χ3n) is 5.41. The van der Waals surface area contributed by atoms with Gasteiger partial charge < -0.3 is 15.4 Å². The molecule has 0 saturated heterocycles. The van der Waals surface area contributed by atoms with Crippen LogP contribution in [0, 0.1) is 17.5 Å². The Morgan fingerprint density at radius 1 is 0.969 bits per heavy atom. The van der Waals surface area contributed by atoms with Gasteiger partial charge in [-0.25, -0.2) is 23.1 Å². The van der Waals surface area contributed by atoms with Crippen LogP contribution in [0.3, 0.4) is 0 Å². The molecule has 2 aromatic carbocycles. The number of nitrogens with two attached hydrogens (primary N) is 1. The third-order valence-corrected chi connectivity index (χ3v) is 5.41. The Morgan fingerprint density at radius 3 is 2.47 bits per heavy atom. The molecule has 1 unspecified atom stereocenters. The van der Waals surface area contributed by atoms with E-state index in [1.807, 2.05) is 0 Å². The minimum atomic E-state index is -1.37. The zero-order valence-corrected chi connectivity index (χ0v) is 16.7. The zero-order valence-electron chi connectivity index (χ0n) is 16.7. The molecule has 0 spiro atoms. The van der Waals surface area contributed by atoms with Crippen LogP contribution in [0.1, 0.15) is 17.4 Å². The van der Waals surface area contributed by atoms with E-state index in [4.69, 9.17) is 5.73 Å². The molecule has 3 N–H and O–H groups in total. The van der Waals surface area contributed by atoms with Gasteiger partial charge in [0, 0.05) is 42.0 Å². The molecule has 5 rings (SSSR count). The van der Waals surface area contributed by atoms with Crippen LogP contribution in [-0.4, -0.2) is 24.6 Å². The summed E-state index contributed by atoms with van der Waals surface area (Å²) in [4.78, 5) is 12.3. The van der Waals surface area contributed by atoms with Crippen molar-refractivity contribution in [1.29, 1.82) is 0 Å². The molecule has 0 amide bonds. The average molecular weight is 435 g/mol. The summed E-state index contributed by atoms with van der Waals surface area (Å²) in [6, 6.07) is 7.52. The molecule has 9 heteroatoms. The predicted molar refractivity (Wildman–Crippen MR) is 114 cm³/mol. The van der Waals surface area contributed by atoms with E-state index in [1.54, 1.807) is 29.9 Å². The lowest BCUT2D eigenvalue weighted by molar-refractivity contribution is 0.214. The number of fused-ring (bicyclic) bond motifs is 2. The van der Waals surface area contributed by atoms with Crippen molar-refractivity contribution >= 4 is 27.6 Å². The number of aliphatic hydroxyl groups excluding tert-OH is 1. The van der Waals surface area contributed by atoms with Gasteiger partial charge in [-0.1, -0.05) is 12.1 Å². The lowest BCUT2D eigenvalue weighted by atomic mass is 9.99. The fraction of sp³-hybridized carbons (Fsp3) is 0.0870. The first-order chi connectivity index (χ1) is 15.3. The summed E-state index contributed by atoms with van der Waals surface area (Å²) in [6.07, 6.45) is 2.99. The fourth-order valence-corrected chi connectivity index (χ4v) is 3.90. The normalized spacial score (nSPS) is 12.5. The number of nitrogen functional groups attached to an aromatic ring is 1. The molecule has 0 aliphatic rings. The topological polar surface area (TPSA) is 89.8 Å². The van der Waals surface area contributed by atoms with Gasteiger partial charge in [0.2, 0.25) is 0 Å². The number of nitrogens with zero attached hydrogens (tertiary/aromatic N) is 4. The highest BCUT2D eigenvalue weighted by Gasteiger charge is 2.20. The maximum atomic E-state index is 15.5. The number of anilines is 1. The van der Waals surface area contributed by atoms with Crippen LogP contribution in [0.5, 0.6) is 0 Å². The summed E-state index contributed by atoms with van der Waals surface area (Å²) in [7, 11) is 1.78. The van der Waals surface area contributed by atoms with Crippen molar-refractivity contribution in [1.82, 2.24) is 19.5 Å². The molecule has 3 aromatic heterocycles. The van der Waals surface area contributed by atoms with E-state index in [2.05, 4.69) is 15.0 Å². The van der Waals surface area contributed by atoms with Gasteiger partial charge in [0.15, 0.2) is 0 Å². The third kappa shape index (κ3) is 3.14. The Labute approximate surface area is 179 Å². The molecular formula is C23H16F3N5O. The minimum Gasteiger partial charge on any atom is -0.383 e. The Bertz CT molecular complexity index is 1500. The molecule has 3 heterocycles. The van der Waals surface area contributed by atoms with Crippen LogP contribution < -0.4 is 5.73 Å². The molecule has 6 nitrogen and oxygen atoms in total. The lowest BCUT2D eigenvalue weighted by Crippen LogP contribution is -2.04. The van der Waals surface area contributed by atoms with E-state index in [1.165, 1.54) is 18.6 Å². The van der Waals surface area contributed by atoms with Gasteiger partial charge >= 0.3 is 0 Å². The Kier molecular flexibility index (Phi) is 4.56. The summed E-state index contributed by atoms with van der Waals surface area (Å²) >= 11 is 0. The van der Waals surface area contributed by atoms with Crippen LogP contribution in [0.15, 0.2) is 55.1 Å². The average Bonchev–Trinajstić information content (AvgIpc) is 3.10. The Morgan fingerprint density at radius 2 is 1.72 bits per heavy atom. The molecule has 160 valence electrons. The maximum absolute atomic E-state index is 15.5. The summed E-state index contributed by atoms with van der Waals surface area (Å²) in [5, 5.41) is 11.8. The maximum Gasteiger partial charge on any atom is 0.145 e. The first kappa shape index (κ1) is 20.0. The van der Waals surface area contributed by atoms with E-state index >= 15 is 4.39 Å². The number of aliphatic hydroxyl groups is 1. The number of hydrogen-bond acceptors (Lipinski definition) is 5. The molecular weight excluding hydrogens is 419 g/mol. The lowest BCUT2D eigenvalue weighted by Gasteiger charge is -2.13. The van der Waals surface area contributed by atoms with E-state index in [0.29, 0.717) is 33.6 Å². The number of benzene rings is 2. The van der Waals surface area contributed by atoms with Crippen molar-refractivity contribution in [3.05, 3.63) is 83.8 Å². The van der Waals surface area contributed by atoms with E-state index in [9.17, 15) is 13.9 Å². The molecule has 1 atom stereocenters. The second-order valence-electron chi connectivity index (χ2n) is 7.47. The minimum absolute atomic E-state index is 0.0117. The Balaban J connectivity index is 1.62. The first-order valence-electron chi connectivity index (χ1n) is 9.61. The second kappa shape index (κ2) is 7.31. The van der Waals surface area contributed by atoms with Crippen molar-refractivity contribution in [2.24, 2.45) is 7.05 Å². The van der Waals surface area contributed by atoms with Crippen LogP contribution in [0.25, 0.3) is 32.9 Å². The monoisotopic (exact) mass is 435 g/mol. The molecule has 32 heavy (non-hydrogen) atoms. The summed E-state index contributed by atoms with van der Waals surface area (Å²) < 4.78 is 44.3. The highest BCUT2D eigenvalue weighted by atomic mass is 19.1. The van der Waals surface area contributed by atoms with Gasteiger partial charge in [0.25, 0.3) is 0 Å². The van der Waals surface area contributed by atoms with Crippen LogP contribution >= 0.6 is 0 Å². The van der Waals surface area contributed by atoms with Gasteiger partial charge in [0.1, 0.15) is 41.3 Å².